The van der Waals surface area contributed by atoms with E-state index in [0.29, 0.717) is 6.04 Å². The third-order valence-electron chi connectivity index (χ3n) is 3.77. The van der Waals surface area contributed by atoms with Gasteiger partial charge in [-0.15, -0.1) is 0 Å². The lowest BCUT2D eigenvalue weighted by Gasteiger charge is -2.43. The number of hydrogen-bond acceptors (Lipinski definition) is 3. The number of methoxy groups -OCH3 is 1. The number of benzene rings is 1. The van der Waals surface area contributed by atoms with Crippen LogP contribution < -0.4 is 10.1 Å². The zero-order valence-corrected chi connectivity index (χ0v) is 12.6. The summed E-state index contributed by atoms with van der Waals surface area (Å²) in [6, 6.07) is 8.82. The first-order chi connectivity index (χ1) is 9.04. The van der Waals surface area contributed by atoms with Crippen molar-refractivity contribution in [2.24, 2.45) is 5.41 Å². The Morgan fingerprint density at radius 2 is 1.79 bits per heavy atom. The molecule has 0 radical (unpaired) electrons. The van der Waals surface area contributed by atoms with Crippen molar-refractivity contribution < 1.29 is 4.74 Å². The van der Waals surface area contributed by atoms with Gasteiger partial charge in [0.15, 0.2) is 0 Å². The molecule has 1 heterocycles. The molecule has 0 spiro atoms. The van der Waals surface area contributed by atoms with Crippen LogP contribution in [0.15, 0.2) is 24.3 Å². The van der Waals surface area contributed by atoms with Gasteiger partial charge in [0.25, 0.3) is 0 Å². The Morgan fingerprint density at radius 3 is 2.37 bits per heavy atom. The average Bonchev–Trinajstić information content (AvgIpc) is 2.39. The molecule has 0 saturated carbocycles. The van der Waals surface area contributed by atoms with E-state index in [4.69, 9.17) is 4.74 Å². The molecule has 0 unspecified atom stereocenters. The maximum absolute atomic E-state index is 5.57. The number of rotatable bonds is 3. The van der Waals surface area contributed by atoms with Crippen LogP contribution in [0.1, 0.15) is 32.4 Å². The second-order valence-corrected chi connectivity index (χ2v) is 6.30. The van der Waals surface area contributed by atoms with Crippen LogP contribution in [-0.2, 0) is 0 Å². The molecule has 1 N–H and O–H groups in total. The number of piperazine rings is 1. The zero-order valence-electron chi connectivity index (χ0n) is 12.6. The first kappa shape index (κ1) is 14.4. The summed E-state index contributed by atoms with van der Waals surface area (Å²) in [4.78, 5) is 2.58. The number of ether oxygens (including phenoxy) is 1. The van der Waals surface area contributed by atoms with E-state index in [0.717, 1.165) is 31.9 Å². The zero-order chi connectivity index (χ0) is 13.9. The molecule has 19 heavy (non-hydrogen) atoms. The van der Waals surface area contributed by atoms with Crippen LogP contribution in [-0.4, -0.2) is 38.2 Å². The lowest BCUT2D eigenvalue weighted by Crippen LogP contribution is -2.48. The minimum Gasteiger partial charge on any atom is -0.496 e. The van der Waals surface area contributed by atoms with Crippen LogP contribution in [0, 0.1) is 5.41 Å². The van der Waals surface area contributed by atoms with E-state index in [1.54, 1.807) is 7.11 Å². The van der Waals surface area contributed by atoms with E-state index in [9.17, 15) is 0 Å². The van der Waals surface area contributed by atoms with Gasteiger partial charge in [-0.3, -0.25) is 4.90 Å². The summed E-state index contributed by atoms with van der Waals surface area (Å²) in [6.07, 6.45) is 0. The molecule has 1 aliphatic rings. The lowest BCUT2D eigenvalue weighted by molar-refractivity contribution is 0.0842. The number of nitrogens with one attached hydrogen (secondary N) is 1. The minimum absolute atomic E-state index is 0.186. The van der Waals surface area contributed by atoms with Crippen molar-refractivity contribution in [3.63, 3.8) is 0 Å². The first-order valence-corrected chi connectivity index (χ1v) is 7.11. The molecule has 0 aromatic heterocycles. The van der Waals surface area contributed by atoms with E-state index in [-0.39, 0.29) is 5.41 Å². The van der Waals surface area contributed by atoms with Crippen molar-refractivity contribution in [2.45, 2.75) is 26.8 Å². The number of hydrogen-bond donors (Lipinski definition) is 1. The fourth-order valence-electron chi connectivity index (χ4n) is 3.04. The predicted octanol–water partition coefficient (Wildman–Crippen LogP) is 2.69. The molecule has 3 nitrogen and oxygen atoms in total. The Bertz CT molecular complexity index is 405. The Balaban J connectivity index is 2.36. The summed E-state index contributed by atoms with van der Waals surface area (Å²) in [5.41, 5.74) is 1.49. The molecule has 1 aromatic rings. The highest BCUT2D eigenvalue weighted by Gasteiger charge is 2.34. The van der Waals surface area contributed by atoms with E-state index >= 15 is 0 Å². The highest BCUT2D eigenvalue weighted by Crippen LogP contribution is 2.41. The van der Waals surface area contributed by atoms with Gasteiger partial charge in [-0.05, 0) is 11.5 Å². The summed E-state index contributed by atoms with van der Waals surface area (Å²) in [5, 5.41) is 3.43. The molecule has 0 bridgehead atoms. The average molecular weight is 262 g/mol. The lowest BCUT2D eigenvalue weighted by atomic mass is 9.80. The van der Waals surface area contributed by atoms with Crippen molar-refractivity contribution >= 4 is 0 Å². The van der Waals surface area contributed by atoms with Gasteiger partial charge < -0.3 is 10.1 Å². The monoisotopic (exact) mass is 262 g/mol. The van der Waals surface area contributed by atoms with Crippen LogP contribution in [0.4, 0.5) is 0 Å². The predicted molar refractivity (Wildman–Crippen MR) is 79.6 cm³/mol. The molecular weight excluding hydrogens is 236 g/mol. The fourth-order valence-corrected chi connectivity index (χ4v) is 3.04. The van der Waals surface area contributed by atoms with Crippen LogP contribution in [0.5, 0.6) is 5.75 Å². The topological polar surface area (TPSA) is 24.5 Å². The Morgan fingerprint density at radius 1 is 1.16 bits per heavy atom. The normalized spacial score (nSPS) is 19.2. The third kappa shape index (κ3) is 3.28. The van der Waals surface area contributed by atoms with Crippen molar-refractivity contribution in [3.05, 3.63) is 29.8 Å². The van der Waals surface area contributed by atoms with Crippen molar-refractivity contribution in [3.8, 4) is 5.75 Å². The minimum atomic E-state index is 0.186. The summed E-state index contributed by atoms with van der Waals surface area (Å²) >= 11 is 0. The van der Waals surface area contributed by atoms with Crippen molar-refractivity contribution in [1.82, 2.24) is 10.2 Å². The van der Waals surface area contributed by atoms with Crippen molar-refractivity contribution in [2.75, 3.05) is 33.3 Å². The Labute approximate surface area is 116 Å². The molecule has 0 amide bonds. The van der Waals surface area contributed by atoms with E-state index in [1.807, 2.05) is 6.07 Å². The molecule has 106 valence electrons. The molecule has 1 fully saturated rings. The maximum Gasteiger partial charge on any atom is 0.123 e. The van der Waals surface area contributed by atoms with Crippen LogP contribution in [0.3, 0.4) is 0 Å². The van der Waals surface area contributed by atoms with Gasteiger partial charge in [0, 0.05) is 37.8 Å². The molecule has 1 aliphatic heterocycles. The Hall–Kier alpha value is -1.06. The molecular formula is C16H26N2O. The highest BCUT2D eigenvalue weighted by molar-refractivity contribution is 5.37. The molecule has 1 atom stereocenters. The van der Waals surface area contributed by atoms with Gasteiger partial charge in [-0.1, -0.05) is 39.0 Å². The second-order valence-electron chi connectivity index (χ2n) is 6.30. The molecule has 2 rings (SSSR count). The first-order valence-electron chi connectivity index (χ1n) is 7.11. The highest BCUT2D eigenvalue weighted by atomic mass is 16.5. The van der Waals surface area contributed by atoms with Crippen LogP contribution in [0.2, 0.25) is 0 Å². The van der Waals surface area contributed by atoms with E-state index < -0.39 is 0 Å². The Kier molecular flexibility index (Phi) is 4.48. The van der Waals surface area contributed by atoms with E-state index in [1.165, 1.54) is 5.56 Å². The summed E-state index contributed by atoms with van der Waals surface area (Å²) in [6.45, 7) is 11.3. The van der Waals surface area contributed by atoms with Gasteiger partial charge in [0.2, 0.25) is 0 Å². The standard InChI is InChI=1S/C16H26N2O/c1-16(2,3)15(18-11-9-17-10-12-18)13-7-5-6-8-14(13)19-4/h5-8,15,17H,9-12H2,1-4H3/t15-/m1/s1. The molecule has 1 saturated heterocycles. The van der Waals surface area contributed by atoms with Gasteiger partial charge in [-0.2, -0.15) is 0 Å². The van der Waals surface area contributed by atoms with Gasteiger partial charge in [0.1, 0.15) is 5.75 Å². The van der Waals surface area contributed by atoms with Gasteiger partial charge in [0.05, 0.1) is 7.11 Å². The number of para-hydroxylation sites is 1. The largest absolute Gasteiger partial charge is 0.496 e. The summed E-state index contributed by atoms with van der Waals surface area (Å²) in [5.74, 6) is 1.00. The van der Waals surface area contributed by atoms with E-state index in [2.05, 4.69) is 49.2 Å². The molecule has 3 heteroatoms. The second kappa shape index (κ2) is 5.93. The maximum atomic E-state index is 5.57. The summed E-state index contributed by atoms with van der Waals surface area (Å²) < 4.78 is 5.57. The van der Waals surface area contributed by atoms with Crippen LogP contribution >= 0.6 is 0 Å². The van der Waals surface area contributed by atoms with Gasteiger partial charge >= 0.3 is 0 Å². The van der Waals surface area contributed by atoms with Crippen molar-refractivity contribution in [1.29, 1.82) is 0 Å². The quantitative estimate of drug-likeness (QED) is 0.906. The third-order valence-corrected chi connectivity index (χ3v) is 3.77. The number of nitrogens with zero attached hydrogens (tertiary/aromatic N) is 1. The van der Waals surface area contributed by atoms with Crippen LogP contribution in [0.25, 0.3) is 0 Å². The molecule has 0 aliphatic carbocycles. The SMILES string of the molecule is COc1ccccc1[C@@H](N1CCNCC1)C(C)(C)C. The van der Waals surface area contributed by atoms with Gasteiger partial charge in [-0.25, -0.2) is 0 Å². The molecule has 1 aromatic carbocycles. The summed E-state index contributed by atoms with van der Waals surface area (Å²) in [7, 11) is 1.76. The fraction of sp³-hybridized carbons (Fsp3) is 0.625. The smallest absolute Gasteiger partial charge is 0.123 e.